The molecule has 0 aliphatic rings. The lowest BCUT2D eigenvalue weighted by Crippen LogP contribution is -1.92. The number of rotatable bonds is 3. The molecule has 2 aromatic carbocycles. The smallest absolute Gasteiger partial charge is 0.280 e. The second kappa shape index (κ2) is 4.75. The standard InChI is InChI=1S/C14H11N3O3/c18-8-9-4-3-6-11-13(9)16-14(15-11)10-5-1-2-7-12(10)17(19)20/h1-7,18H,8H2,(H,15,16). The van der Waals surface area contributed by atoms with Crippen molar-refractivity contribution in [2.24, 2.45) is 0 Å². The van der Waals surface area contributed by atoms with Crippen LogP contribution in [-0.4, -0.2) is 20.0 Å². The van der Waals surface area contributed by atoms with Gasteiger partial charge in [0.25, 0.3) is 5.69 Å². The van der Waals surface area contributed by atoms with E-state index in [2.05, 4.69) is 9.97 Å². The van der Waals surface area contributed by atoms with Crippen LogP contribution in [-0.2, 0) is 6.61 Å². The van der Waals surface area contributed by atoms with Crippen LogP contribution < -0.4 is 0 Å². The fraction of sp³-hybridized carbons (Fsp3) is 0.0714. The molecule has 0 bridgehead atoms. The number of hydrogen-bond donors (Lipinski definition) is 2. The van der Waals surface area contributed by atoms with E-state index in [1.165, 1.54) is 6.07 Å². The van der Waals surface area contributed by atoms with Gasteiger partial charge in [-0.1, -0.05) is 24.3 Å². The second-order valence-electron chi connectivity index (χ2n) is 4.33. The maximum atomic E-state index is 11.1. The van der Waals surface area contributed by atoms with Gasteiger partial charge in [0.2, 0.25) is 0 Å². The first kappa shape index (κ1) is 12.3. The first-order chi connectivity index (χ1) is 9.70. The van der Waals surface area contributed by atoms with Gasteiger partial charge < -0.3 is 10.1 Å². The SMILES string of the molecule is O=[N+]([O-])c1ccccc1-c1nc2c(CO)cccc2[nH]1. The molecule has 0 spiro atoms. The number of nitrogens with zero attached hydrogens (tertiary/aromatic N) is 2. The lowest BCUT2D eigenvalue weighted by atomic mass is 10.2. The fourth-order valence-electron chi connectivity index (χ4n) is 2.18. The summed E-state index contributed by atoms with van der Waals surface area (Å²) in [6, 6.07) is 11.8. The van der Waals surface area contributed by atoms with Crippen molar-refractivity contribution < 1.29 is 10.0 Å². The van der Waals surface area contributed by atoms with Gasteiger partial charge >= 0.3 is 0 Å². The fourth-order valence-corrected chi connectivity index (χ4v) is 2.18. The predicted octanol–water partition coefficient (Wildman–Crippen LogP) is 2.63. The summed E-state index contributed by atoms with van der Waals surface area (Å²) >= 11 is 0. The van der Waals surface area contributed by atoms with Crippen molar-refractivity contribution in [2.45, 2.75) is 6.61 Å². The van der Waals surface area contributed by atoms with Crippen LogP contribution in [0.25, 0.3) is 22.4 Å². The summed E-state index contributed by atoms with van der Waals surface area (Å²) in [5.74, 6) is 0.424. The van der Waals surface area contributed by atoms with Gasteiger partial charge in [-0.05, 0) is 12.1 Å². The van der Waals surface area contributed by atoms with Crippen LogP contribution >= 0.6 is 0 Å². The van der Waals surface area contributed by atoms with Gasteiger partial charge in [0.05, 0.1) is 28.1 Å². The van der Waals surface area contributed by atoms with Crippen molar-refractivity contribution >= 4 is 16.7 Å². The third-order valence-electron chi connectivity index (χ3n) is 3.12. The van der Waals surface area contributed by atoms with Gasteiger partial charge in [0.15, 0.2) is 0 Å². The Morgan fingerprint density at radius 3 is 2.75 bits per heavy atom. The maximum Gasteiger partial charge on any atom is 0.280 e. The number of nitro benzene ring substituents is 1. The van der Waals surface area contributed by atoms with Crippen LogP contribution in [0.4, 0.5) is 5.69 Å². The van der Waals surface area contributed by atoms with Gasteiger partial charge in [-0.3, -0.25) is 10.1 Å². The minimum Gasteiger partial charge on any atom is -0.392 e. The summed E-state index contributed by atoms with van der Waals surface area (Å²) < 4.78 is 0. The number of aromatic nitrogens is 2. The highest BCUT2D eigenvalue weighted by atomic mass is 16.6. The Balaban J connectivity index is 2.23. The van der Waals surface area contributed by atoms with E-state index in [0.29, 0.717) is 22.5 Å². The Morgan fingerprint density at radius 1 is 1.20 bits per heavy atom. The van der Waals surface area contributed by atoms with Gasteiger partial charge in [0.1, 0.15) is 5.82 Å². The van der Waals surface area contributed by atoms with E-state index >= 15 is 0 Å². The Morgan fingerprint density at radius 2 is 2.00 bits per heavy atom. The summed E-state index contributed by atoms with van der Waals surface area (Å²) in [6.07, 6.45) is 0. The number of aromatic amines is 1. The molecule has 0 aliphatic carbocycles. The summed E-state index contributed by atoms with van der Waals surface area (Å²) in [5.41, 5.74) is 2.48. The quantitative estimate of drug-likeness (QED) is 0.564. The molecular formula is C14H11N3O3. The molecule has 0 unspecified atom stereocenters. The Hall–Kier alpha value is -2.73. The number of H-pyrrole nitrogens is 1. The van der Waals surface area contributed by atoms with Crippen molar-refractivity contribution in [1.29, 1.82) is 0 Å². The lowest BCUT2D eigenvalue weighted by Gasteiger charge is -1.98. The van der Waals surface area contributed by atoms with Gasteiger partial charge in [-0.15, -0.1) is 0 Å². The molecule has 0 fully saturated rings. The van der Waals surface area contributed by atoms with E-state index in [0.717, 1.165) is 5.52 Å². The van der Waals surface area contributed by atoms with Gasteiger partial charge in [0, 0.05) is 11.6 Å². The minimum atomic E-state index is -0.435. The summed E-state index contributed by atoms with van der Waals surface area (Å²) in [4.78, 5) is 18.1. The van der Waals surface area contributed by atoms with E-state index in [-0.39, 0.29) is 12.3 Å². The molecule has 2 N–H and O–H groups in total. The summed E-state index contributed by atoms with van der Waals surface area (Å²) in [6.45, 7) is -0.126. The number of aliphatic hydroxyl groups is 1. The van der Waals surface area contributed by atoms with Crippen LogP contribution in [0.5, 0.6) is 0 Å². The highest BCUT2D eigenvalue weighted by Crippen LogP contribution is 2.29. The third kappa shape index (κ3) is 1.92. The molecule has 0 saturated carbocycles. The van der Waals surface area contributed by atoms with E-state index < -0.39 is 4.92 Å². The second-order valence-corrected chi connectivity index (χ2v) is 4.33. The molecule has 6 nitrogen and oxygen atoms in total. The molecule has 0 saturated heterocycles. The zero-order valence-corrected chi connectivity index (χ0v) is 10.4. The van der Waals surface area contributed by atoms with Crippen molar-refractivity contribution in [2.75, 3.05) is 0 Å². The molecule has 0 radical (unpaired) electrons. The Labute approximate surface area is 113 Å². The Kier molecular flexibility index (Phi) is 2.92. The number of hydrogen-bond acceptors (Lipinski definition) is 4. The van der Waals surface area contributed by atoms with Crippen molar-refractivity contribution in [3.05, 3.63) is 58.1 Å². The minimum absolute atomic E-state index is 0.00268. The number of nitro groups is 1. The topological polar surface area (TPSA) is 92.1 Å². The molecule has 0 aliphatic heterocycles. The van der Waals surface area contributed by atoms with Gasteiger partial charge in [-0.25, -0.2) is 4.98 Å². The molecule has 20 heavy (non-hydrogen) atoms. The van der Waals surface area contributed by atoms with Crippen LogP contribution in [0.1, 0.15) is 5.56 Å². The van der Waals surface area contributed by atoms with Crippen molar-refractivity contribution in [3.63, 3.8) is 0 Å². The van der Waals surface area contributed by atoms with Crippen LogP contribution in [0.2, 0.25) is 0 Å². The van der Waals surface area contributed by atoms with E-state index in [4.69, 9.17) is 0 Å². The van der Waals surface area contributed by atoms with Crippen molar-refractivity contribution in [1.82, 2.24) is 9.97 Å². The average Bonchev–Trinajstić information content (AvgIpc) is 2.90. The number of nitrogens with one attached hydrogen (secondary N) is 1. The van der Waals surface area contributed by atoms with E-state index in [1.807, 2.05) is 6.07 Å². The summed E-state index contributed by atoms with van der Waals surface area (Å²) in [5, 5.41) is 20.4. The first-order valence-electron chi connectivity index (χ1n) is 6.03. The van der Waals surface area contributed by atoms with Crippen LogP contribution in [0, 0.1) is 10.1 Å². The molecule has 3 rings (SSSR count). The Bertz CT molecular complexity index is 795. The number of para-hydroxylation sites is 2. The zero-order valence-electron chi connectivity index (χ0n) is 10.4. The highest BCUT2D eigenvalue weighted by Gasteiger charge is 2.17. The van der Waals surface area contributed by atoms with Gasteiger partial charge in [-0.2, -0.15) is 0 Å². The van der Waals surface area contributed by atoms with Crippen LogP contribution in [0.3, 0.4) is 0 Å². The lowest BCUT2D eigenvalue weighted by molar-refractivity contribution is -0.384. The molecule has 0 amide bonds. The monoisotopic (exact) mass is 269 g/mol. The zero-order chi connectivity index (χ0) is 14.1. The maximum absolute atomic E-state index is 11.1. The number of fused-ring (bicyclic) bond motifs is 1. The molecule has 1 heterocycles. The normalized spacial score (nSPS) is 10.8. The third-order valence-corrected chi connectivity index (χ3v) is 3.12. The number of imidazole rings is 1. The highest BCUT2D eigenvalue weighted by molar-refractivity contribution is 5.83. The van der Waals surface area contributed by atoms with Crippen molar-refractivity contribution in [3.8, 4) is 11.4 Å². The molecule has 0 atom stereocenters. The first-order valence-corrected chi connectivity index (χ1v) is 6.03. The van der Waals surface area contributed by atoms with E-state index in [9.17, 15) is 15.2 Å². The molecule has 100 valence electrons. The number of benzene rings is 2. The van der Waals surface area contributed by atoms with Crippen LogP contribution in [0.15, 0.2) is 42.5 Å². The molecule has 1 aromatic heterocycles. The molecule has 3 aromatic rings. The molecule has 6 heteroatoms. The molecular weight excluding hydrogens is 258 g/mol. The summed E-state index contributed by atoms with van der Waals surface area (Å²) in [7, 11) is 0. The number of aliphatic hydroxyl groups excluding tert-OH is 1. The average molecular weight is 269 g/mol. The predicted molar refractivity (Wildman–Crippen MR) is 74.1 cm³/mol. The largest absolute Gasteiger partial charge is 0.392 e. The van der Waals surface area contributed by atoms with E-state index in [1.54, 1.807) is 30.3 Å².